The third-order valence-electron chi connectivity index (χ3n) is 4.92. The minimum atomic E-state index is 0.223. The molecule has 2 aliphatic rings. The minimum Gasteiger partial charge on any atom is -0.383 e. The molecule has 3 aromatic carbocycles. The van der Waals surface area contributed by atoms with Gasteiger partial charge in [-0.3, -0.25) is 0 Å². The van der Waals surface area contributed by atoms with Gasteiger partial charge in [0.05, 0.1) is 0 Å². The highest BCUT2D eigenvalue weighted by atomic mass is 15.1. The predicted octanol–water partition coefficient (Wildman–Crippen LogP) is 4.66. The van der Waals surface area contributed by atoms with Crippen LogP contribution in [0.3, 0.4) is 0 Å². The zero-order chi connectivity index (χ0) is 15.9. The van der Waals surface area contributed by atoms with Crippen LogP contribution in [0, 0.1) is 0 Å². The van der Waals surface area contributed by atoms with E-state index in [2.05, 4.69) is 102 Å². The number of para-hydroxylation sites is 1. The number of anilines is 1. The average Bonchev–Trinajstić information content (AvgIpc) is 2.67. The lowest BCUT2D eigenvalue weighted by Crippen LogP contribution is -2.47. The van der Waals surface area contributed by atoms with Gasteiger partial charge in [-0.1, -0.05) is 78.8 Å². The first-order valence-electron chi connectivity index (χ1n) is 8.34. The van der Waals surface area contributed by atoms with Gasteiger partial charge in [-0.15, -0.1) is 0 Å². The van der Waals surface area contributed by atoms with Gasteiger partial charge in [0.1, 0.15) is 0 Å². The van der Waals surface area contributed by atoms with Crippen molar-refractivity contribution in [3.8, 4) is 22.3 Å². The van der Waals surface area contributed by atoms with E-state index in [-0.39, 0.29) is 6.85 Å². The molecule has 2 heterocycles. The maximum atomic E-state index is 2.38. The molecule has 24 heavy (non-hydrogen) atoms. The number of nitrogens with zero attached hydrogens (tertiary/aromatic N) is 1. The number of hydrogen-bond acceptors (Lipinski definition) is 1. The molecule has 0 amide bonds. The van der Waals surface area contributed by atoms with E-state index in [1.165, 1.54) is 33.4 Å². The molecule has 2 heteroatoms. The van der Waals surface area contributed by atoms with Gasteiger partial charge in [0.25, 0.3) is 0 Å². The van der Waals surface area contributed by atoms with Crippen LogP contribution in [0.2, 0.25) is 0 Å². The van der Waals surface area contributed by atoms with Gasteiger partial charge >= 0.3 is 6.85 Å². The van der Waals surface area contributed by atoms with Crippen LogP contribution >= 0.6 is 0 Å². The van der Waals surface area contributed by atoms with E-state index >= 15 is 0 Å². The Bertz CT molecular complexity index is 906. The Kier molecular flexibility index (Phi) is 2.96. The largest absolute Gasteiger partial charge is 0.383 e. The summed E-state index contributed by atoms with van der Waals surface area (Å²) in [7, 11) is 0. The molecule has 0 spiro atoms. The molecule has 2 aliphatic heterocycles. The lowest BCUT2D eigenvalue weighted by atomic mass is 9.51. The van der Waals surface area contributed by atoms with Crippen molar-refractivity contribution in [3.05, 3.63) is 97.1 Å². The highest BCUT2D eigenvalue weighted by Crippen LogP contribution is 2.40. The fourth-order valence-corrected chi connectivity index (χ4v) is 3.86. The molecule has 0 radical (unpaired) electrons. The van der Waals surface area contributed by atoms with Crippen LogP contribution < -0.4 is 10.3 Å². The Hall–Kier alpha value is -3.00. The fourth-order valence-electron chi connectivity index (χ4n) is 3.86. The van der Waals surface area contributed by atoms with Crippen LogP contribution in [0.1, 0.15) is 0 Å². The fraction of sp³-hybridized carbons (Fsp3) is 0. The van der Waals surface area contributed by atoms with Crippen molar-refractivity contribution in [3.63, 3.8) is 0 Å². The first kappa shape index (κ1) is 13.4. The summed E-state index contributed by atoms with van der Waals surface area (Å²) in [5.41, 5.74) is 7.81. The van der Waals surface area contributed by atoms with Gasteiger partial charge in [0.15, 0.2) is 0 Å². The summed E-state index contributed by atoms with van der Waals surface area (Å²) in [6.07, 6.45) is 6.45. The number of hydrogen-bond donors (Lipinski definition) is 0. The number of allylic oxidation sites excluding steroid dienone is 2. The van der Waals surface area contributed by atoms with E-state index in [0.717, 1.165) is 0 Å². The van der Waals surface area contributed by atoms with Gasteiger partial charge < -0.3 is 4.81 Å². The Morgan fingerprint density at radius 3 is 2.04 bits per heavy atom. The van der Waals surface area contributed by atoms with E-state index in [0.29, 0.717) is 0 Å². The summed E-state index contributed by atoms with van der Waals surface area (Å²) in [4.78, 5) is 2.38. The summed E-state index contributed by atoms with van der Waals surface area (Å²) in [5.74, 6) is 2.28. The van der Waals surface area contributed by atoms with Crippen LogP contribution in [-0.4, -0.2) is 6.85 Å². The van der Waals surface area contributed by atoms with Crippen LogP contribution in [0.5, 0.6) is 0 Å². The number of rotatable bonds is 0. The van der Waals surface area contributed by atoms with Crippen molar-refractivity contribution in [1.82, 2.24) is 0 Å². The standard InChI is InChI=1S/C22H16BN/c1-2-10-18-17(9-1)19-11-3-5-13-21(19)23-15-7-8-16-24(23)22-14-6-4-12-20(18)22/h1-16H. The molecular formula is C22H16BN. The molecule has 112 valence electrons. The maximum absolute atomic E-state index is 2.38. The third-order valence-corrected chi connectivity index (χ3v) is 4.92. The molecule has 3 aromatic rings. The molecule has 0 saturated heterocycles. The Balaban J connectivity index is 1.92. The van der Waals surface area contributed by atoms with Gasteiger partial charge in [0, 0.05) is 11.3 Å². The van der Waals surface area contributed by atoms with E-state index in [1.54, 1.807) is 0 Å². The second-order valence-corrected chi connectivity index (χ2v) is 6.23. The van der Waals surface area contributed by atoms with E-state index in [1.807, 2.05) is 0 Å². The molecule has 0 aromatic heterocycles. The molecule has 0 atom stereocenters. The van der Waals surface area contributed by atoms with Crippen molar-refractivity contribution in [2.24, 2.45) is 0 Å². The lowest BCUT2D eigenvalue weighted by Gasteiger charge is -2.34. The summed E-state index contributed by atoms with van der Waals surface area (Å²) in [6, 6.07) is 26.2. The molecule has 0 aliphatic carbocycles. The molecule has 1 nitrogen and oxygen atoms in total. The topological polar surface area (TPSA) is 3.24 Å². The minimum absolute atomic E-state index is 0.223. The molecule has 0 bridgehead atoms. The van der Waals surface area contributed by atoms with Gasteiger partial charge in [-0.25, -0.2) is 0 Å². The van der Waals surface area contributed by atoms with Crippen molar-refractivity contribution in [2.45, 2.75) is 0 Å². The first-order chi connectivity index (χ1) is 11.9. The van der Waals surface area contributed by atoms with E-state index < -0.39 is 0 Å². The maximum Gasteiger partial charge on any atom is 0.320 e. The highest BCUT2D eigenvalue weighted by molar-refractivity contribution is 6.83. The predicted molar refractivity (Wildman–Crippen MR) is 103 cm³/mol. The smallest absolute Gasteiger partial charge is 0.320 e. The number of benzene rings is 3. The molecule has 5 rings (SSSR count). The monoisotopic (exact) mass is 305 g/mol. The second kappa shape index (κ2) is 5.28. The molecule has 0 unspecified atom stereocenters. The van der Waals surface area contributed by atoms with Crippen molar-refractivity contribution < 1.29 is 0 Å². The van der Waals surface area contributed by atoms with Crippen molar-refractivity contribution in [2.75, 3.05) is 4.81 Å². The molecule has 0 fully saturated rings. The van der Waals surface area contributed by atoms with E-state index in [4.69, 9.17) is 0 Å². The first-order valence-corrected chi connectivity index (χ1v) is 8.34. The lowest BCUT2D eigenvalue weighted by molar-refractivity contribution is 1.37. The Morgan fingerprint density at radius 1 is 0.583 bits per heavy atom. The van der Waals surface area contributed by atoms with Crippen LogP contribution in [0.4, 0.5) is 5.69 Å². The summed E-state index contributed by atoms with van der Waals surface area (Å²) in [5, 5.41) is 0. The average molecular weight is 305 g/mol. The Labute approximate surface area is 142 Å². The van der Waals surface area contributed by atoms with Crippen molar-refractivity contribution in [1.29, 1.82) is 0 Å². The van der Waals surface area contributed by atoms with Crippen LogP contribution in [-0.2, 0) is 0 Å². The molecule has 0 N–H and O–H groups in total. The third kappa shape index (κ3) is 1.90. The van der Waals surface area contributed by atoms with E-state index in [9.17, 15) is 0 Å². The normalized spacial score (nSPS) is 14.2. The van der Waals surface area contributed by atoms with Crippen LogP contribution in [0.25, 0.3) is 22.3 Å². The quantitative estimate of drug-likeness (QED) is 0.546. The second-order valence-electron chi connectivity index (χ2n) is 6.23. The molecular weight excluding hydrogens is 289 g/mol. The van der Waals surface area contributed by atoms with Crippen molar-refractivity contribution >= 4 is 18.0 Å². The summed E-state index contributed by atoms with van der Waals surface area (Å²) >= 11 is 0. The van der Waals surface area contributed by atoms with Gasteiger partial charge in [0.2, 0.25) is 0 Å². The summed E-state index contributed by atoms with van der Waals surface area (Å²) < 4.78 is 0. The molecule has 0 saturated carbocycles. The zero-order valence-corrected chi connectivity index (χ0v) is 13.3. The highest BCUT2D eigenvalue weighted by Gasteiger charge is 2.30. The summed E-state index contributed by atoms with van der Waals surface area (Å²) in [6.45, 7) is 0.223. The van der Waals surface area contributed by atoms with Gasteiger partial charge in [-0.2, -0.15) is 0 Å². The van der Waals surface area contributed by atoms with Gasteiger partial charge in [-0.05, 0) is 40.5 Å². The SMILES string of the molecule is C1=CB2c3ccccc3-c3ccccc3-c3ccccc3N2C=C1. The zero-order valence-electron chi connectivity index (χ0n) is 13.3. The number of fused-ring (bicyclic) bond motifs is 8. The van der Waals surface area contributed by atoms with Crippen LogP contribution in [0.15, 0.2) is 97.1 Å². The Morgan fingerprint density at radius 2 is 1.21 bits per heavy atom.